The number of ether oxygens (including phenoxy) is 1. The number of hydrogen-bond acceptors (Lipinski definition) is 4. The molecule has 0 heterocycles. The molecule has 0 atom stereocenters. The van der Waals surface area contributed by atoms with Gasteiger partial charge in [0.05, 0.1) is 12.8 Å². The molecule has 6 heteroatoms. The van der Waals surface area contributed by atoms with E-state index < -0.39 is 0 Å². The van der Waals surface area contributed by atoms with E-state index in [1.165, 1.54) is 0 Å². The molecular weight excluding hydrogens is 278 g/mol. The molecule has 0 aliphatic carbocycles. The van der Waals surface area contributed by atoms with Crippen LogP contribution in [0.25, 0.3) is 0 Å². The normalized spacial score (nSPS) is 11.1. The Kier molecular flexibility index (Phi) is 7.99. The quantitative estimate of drug-likeness (QED) is 0.414. The topological polar surface area (TPSA) is 89.2 Å². The van der Waals surface area contributed by atoms with Gasteiger partial charge in [0.2, 0.25) is 5.96 Å². The summed E-state index contributed by atoms with van der Waals surface area (Å²) in [6.07, 6.45) is 2.62. The lowest BCUT2D eigenvalue weighted by Gasteiger charge is -2.20. The lowest BCUT2D eigenvalue weighted by atomic mass is 10.1. The van der Waals surface area contributed by atoms with E-state index in [2.05, 4.69) is 41.9 Å². The minimum absolute atomic E-state index is 0.0532. The number of nitrogens with two attached hydrogens (primary N) is 2. The van der Waals surface area contributed by atoms with Crippen LogP contribution in [-0.4, -0.2) is 36.8 Å². The van der Waals surface area contributed by atoms with Gasteiger partial charge in [-0.3, -0.25) is 4.90 Å². The van der Waals surface area contributed by atoms with Crippen LogP contribution in [0, 0.1) is 0 Å². The third-order valence-corrected chi connectivity index (χ3v) is 3.21. The molecule has 0 bridgehead atoms. The zero-order chi connectivity index (χ0) is 16.4. The SMILES string of the molecule is CCCOc1ccc(C=NN=C(N)N)cc1CN(CC)CC. The molecule has 0 amide bonds. The first-order valence-corrected chi connectivity index (χ1v) is 7.70. The van der Waals surface area contributed by atoms with Crippen LogP contribution >= 0.6 is 0 Å². The fourth-order valence-electron chi connectivity index (χ4n) is 2.01. The van der Waals surface area contributed by atoms with Crippen LogP contribution < -0.4 is 16.2 Å². The average molecular weight is 305 g/mol. The van der Waals surface area contributed by atoms with Crippen molar-refractivity contribution in [3.8, 4) is 5.75 Å². The van der Waals surface area contributed by atoms with E-state index in [1.54, 1.807) is 6.21 Å². The molecule has 0 radical (unpaired) electrons. The van der Waals surface area contributed by atoms with E-state index >= 15 is 0 Å². The van der Waals surface area contributed by atoms with Gasteiger partial charge >= 0.3 is 0 Å². The molecule has 0 aliphatic rings. The summed E-state index contributed by atoms with van der Waals surface area (Å²) in [5, 5.41) is 7.47. The molecule has 0 saturated heterocycles. The number of benzene rings is 1. The summed E-state index contributed by atoms with van der Waals surface area (Å²) >= 11 is 0. The van der Waals surface area contributed by atoms with Crippen molar-refractivity contribution in [3.05, 3.63) is 29.3 Å². The minimum atomic E-state index is -0.0532. The van der Waals surface area contributed by atoms with Crippen LogP contribution in [0.4, 0.5) is 0 Å². The van der Waals surface area contributed by atoms with Gasteiger partial charge in [-0.15, -0.1) is 5.10 Å². The molecule has 0 fully saturated rings. The maximum Gasteiger partial charge on any atom is 0.211 e. The van der Waals surface area contributed by atoms with E-state index in [1.807, 2.05) is 12.1 Å². The maximum atomic E-state index is 5.84. The fraction of sp³-hybridized carbons (Fsp3) is 0.500. The van der Waals surface area contributed by atoms with Gasteiger partial charge in [-0.2, -0.15) is 5.10 Å². The Morgan fingerprint density at radius 2 is 1.95 bits per heavy atom. The lowest BCUT2D eigenvalue weighted by molar-refractivity contribution is 0.277. The second-order valence-corrected chi connectivity index (χ2v) is 4.95. The largest absolute Gasteiger partial charge is 0.493 e. The fourth-order valence-corrected chi connectivity index (χ4v) is 2.01. The summed E-state index contributed by atoms with van der Waals surface area (Å²) in [5.74, 6) is 0.871. The van der Waals surface area contributed by atoms with E-state index in [9.17, 15) is 0 Å². The van der Waals surface area contributed by atoms with Gasteiger partial charge in [0.15, 0.2) is 0 Å². The zero-order valence-corrected chi connectivity index (χ0v) is 13.7. The first-order valence-electron chi connectivity index (χ1n) is 7.70. The Morgan fingerprint density at radius 3 is 2.55 bits per heavy atom. The van der Waals surface area contributed by atoms with Crippen LogP contribution in [0.5, 0.6) is 5.75 Å². The average Bonchev–Trinajstić information content (AvgIpc) is 2.51. The van der Waals surface area contributed by atoms with Crippen molar-refractivity contribution < 1.29 is 4.74 Å². The van der Waals surface area contributed by atoms with E-state index in [0.717, 1.165) is 42.9 Å². The summed E-state index contributed by atoms with van der Waals surface area (Å²) < 4.78 is 5.84. The molecule has 0 saturated carbocycles. The van der Waals surface area contributed by atoms with Gasteiger partial charge in [0.25, 0.3) is 0 Å². The van der Waals surface area contributed by atoms with Crippen molar-refractivity contribution in [1.29, 1.82) is 0 Å². The van der Waals surface area contributed by atoms with Crippen molar-refractivity contribution in [2.45, 2.75) is 33.7 Å². The van der Waals surface area contributed by atoms with Gasteiger partial charge in [-0.1, -0.05) is 20.8 Å². The standard InChI is InChI=1S/C16H27N5O/c1-4-9-22-15-8-7-13(11-19-20-16(17)18)10-14(15)12-21(5-2)6-3/h7-8,10-11H,4-6,9,12H2,1-3H3,(H4,17,18,20). The smallest absolute Gasteiger partial charge is 0.211 e. The van der Waals surface area contributed by atoms with Crippen LogP contribution in [0.1, 0.15) is 38.3 Å². The molecule has 0 unspecified atom stereocenters. The summed E-state index contributed by atoms with van der Waals surface area (Å²) in [5.41, 5.74) is 12.6. The zero-order valence-electron chi connectivity index (χ0n) is 13.7. The van der Waals surface area contributed by atoms with Crippen molar-refractivity contribution in [2.24, 2.45) is 21.7 Å². The maximum absolute atomic E-state index is 5.84. The highest BCUT2D eigenvalue weighted by molar-refractivity contribution is 5.82. The van der Waals surface area contributed by atoms with Gasteiger partial charge in [0.1, 0.15) is 5.75 Å². The number of nitrogens with zero attached hydrogens (tertiary/aromatic N) is 3. The Morgan fingerprint density at radius 1 is 1.23 bits per heavy atom. The molecular formula is C16H27N5O. The molecule has 6 nitrogen and oxygen atoms in total. The van der Waals surface area contributed by atoms with Crippen LogP contribution in [0.15, 0.2) is 28.4 Å². The molecule has 0 spiro atoms. The molecule has 4 N–H and O–H groups in total. The van der Waals surface area contributed by atoms with Gasteiger partial charge in [-0.25, -0.2) is 0 Å². The summed E-state index contributed by atoms with van der Waals surface area (Å²) in [4.78, 5) is 2.34. The Labute approximate surface area is 132 Å². The number of hydrogen-bond donors (Lipinski definition) is 2. The Bertz CT molecular complexity index is 505. The van der Waals surface area contributed by atoms with Gasteiger partial charge < -0.3 is 16.2 Å². The summed E-state index contributed by atoms with van der Waals surface area (Å²) in [6, 6.07) is 5.99. The van der Waals surface area contributed by atoms with Crippen molar-refractivity contribution >= 4 is 12.2 Å². The molecule has 1 aromatic carbocycles. The third-order valence-electron chi connectivity index (χ3n) is 3.21. The van der Waals surface area contributed by atoms with E-state index in [4.69, 9.17) is 16.2 Å². The predicted molar refractivity (Wildman–Crippen MR) is 92.3 cm³/mol. The summed E-state index contributed by atoms with van der Waals surface area (Å²) in [6.45, 7) is 9.95. The minimum Gasteiger partial charge on any atom is -0.493 e. The monoisotopic (exact) mass is 305 g/mol. The first-order chi connectivity index (χ1) is 10.6. The Balaban J connectivity index is 2.99. The highest BCUT2D eigenvalue weighted by Gasteiger charge is 2.08. The lowest BCUT2D eigenvalue weighted by Crippen LogP contribution is -2.22. The van der Waals surface area contributed by atoms with Gasteiger partial charge in [-0.05, 0) is 43.3 Å². The molecule has 1 rings (SSSR count). The van der Waals surface area contributed by atoms with Crippen LogP contribution in [-0.2, 0) is 6.54 Å². The predicted octanol–water partition coefficient (Wildman–Crippen LogP) is 1.92. The highest BCUT2D eigenvalue weighted by atomic mass is 16.5. The van der Waals surface area contributed by atoms with E-state index in [0.29, 0.717) is 6.61 Å². The van der Waals surface area contributed by atoms with Crippen molar-refractivity contribution in [1.82, 2.24) is 4.90 Å². The third kappa shape index (κ3) is 6.13. The number of rotatable bonds is 9. The van der Waals surface area contributed by atoms with E-state index in [-0.39, 0.29) is 5.96 Å². The Hall–Kier alpha value is -2.08. The molecule has 0 aromatic heterocycles. The molecule has 122 valence electrons. The van der Waals surface area contributed by atoms with Crippen LogP contribution in [0.3, 0.4) is 0 Å². The second kappa shape index (κ2) is 9.78. The summed E-state index contributed by atoms with van der Waals surface area (Å²) in [7, 11) is 0. The molecule has 1 aromatic rings. The van der Waals surface area contributed by atoms with Crippen LogP contribution in [0.2, 0.25) is 0 Å². The first kappa shape index (κ1) is 18.0. The molecule has 22 heavy (non-hydrogen) atoms. The number of guanidine groups is 1. The highest BCUT2D eigenvalue weighted by Crippen LogP contribution is 2.22. The van der Waals surface area contributed by atoms with Crippen molar-refractivity contribution in [2.75, 3.05) is 19.7 Å². The van der Waals surface area contributed by atoms with Gasteiger partial charge in [0, 0.05) is 12.1 Å². The molecule has 0 aliphatic heterocycles. The van der Waals surface area contributed by atoms with Crippen molar-refractivity contribution in [3.63, 3.8) is 0 Å². The second-order valence-electron chi connectivity index (χ2n) is 4.95.